The first-order valence-electron chi connectivity index (χ1n) is 6.03. The largest absolute Gasteiger partial charge is 0.453 e. The number of hydrogen-bond donors (Lipinski definition) is 0. The molecule has 0 aliphatic carbocycles. The molecule has 0 aliphatic rings. The summed E-state index contributed by atoms with van der Waals surface area (Å²) in [6, 6.07) is 11.1. The maximum atomic E-state index is 12.4. The van der Waals surface area contributed by atoms with Crippen LogP contribution in [0.15, 0.2) is 40.1 Å². The molecule has 0 spiro atoms. The van der Waals surface area contributed by atoms with Crippen molar-refractivity contribution in [3.63, 3.8) is 0 Å². The minimum atomic E-state index is -0.908. The Kier molecular flexibility index (Phi) is 3.09. The molecule has 0 fully saturated rings. The van der Waals surface area contributed by atoms with E-state index in [-0.39, 0.29) is 11.5 Å². The summed E-state index contributed by atoms with van der Waals surface area (Å²) in [5.74, 6) is -1.06. The van der Waals surface area contributed by atoms with Gasteiger partial charge in [0.15, 0.2) is 11.7 Å². The van der Waals surface area contributed by atoms with Gasteiger partial charge in [0.05, 0.1) is 6.07 Å². The van der Waals surface area contributed by atoms with Crippen LogP contribution in [0.25, 0.3) is 11.0 Å². The summed E-state index contributed by atoms with van der Waals surface area (Å²) in [5, 5.41) is 12.4. The third-order valence-electron chi connectivity index (χ3n) is 2.94. The summed E-state index contributed by atoms with van der Waals surface area (Å²) >= 11 is 1.32. The summed E-state index contributed by atoms with van der Waals surface area (Å²) < 4.78 is 5.52. The molecule has 2 aromatic heterocycles. The Labute approximate surface area is 119 Å². The van der Waals surface area contributed by atoms with E-state index in [1.54, 1.807) is 12.1 Å². The Morgan fingerprint density at radius 1 is 1.45 bits per heavy atom. The molecule has 0 saturated heterocycles. The number of rotatable bonds is 3. The van der Waals surface area contributed by atoms with Gasteiger partial charge >= 0.3 is 0 Å². The zero-order valence-electron chi connectivity index (χ0n) is 10.7. The Hall–Kier alpha value is -2.45. The maximum Gasteiger partial charge on any atom is 0.222 e. The SMILES string of the molecule is Cc1csc([C@@H](C#N)C(=O)c2cc3ccccc3o2)n1. The van der Waals surface area contributed by atoms with Gasteiger partial charge in [0.25, 0.3) is 0 Å². The Balaban J connectivity index is 2.00. The maximum absolute atomic E-state index is 12.4. The molecule has 0 N–H and O–H groups in total. The third-order valence-corrected chi connectivity index (χ3v) is 3.97. The second-order valence-corrected chi connectivity index (χ2v) is 5.29. The van der Waals surface area contributed by atoms with Crippen LogP contribution in [0.1, 0.15) is 27.2 Å². The molecule has 0 bridgehead atoms. The smallest absolute Gasteiger partial charge is 0.222 e. The van der Waals surface area contributed by atoms with Crippen LogP contribution in [0.4, 0.5) is 0 Å². The van der Waals surface area contributed by atoms with Crippen molar-refractivity contribution in [3.8, 4) is 6.07 Å². The topological polar surface area (TPSA) is 66.9 Å². The summed E-state index contributed by atoms with van der Waals surface area (Å²) in [6.45, 7) is 1.83. The lowest BCUT2D eigenvalue weighted by molar-refractivity contribution is 0.0954. The number of fused-ring (bicyclic) bond motifs is 1. The van der Waals surface area contributed by atoms with Gasteiger partial charge in [0.1, 0.15) is 10.6 Å². The number of furan rings is 1. The van der Waals surface area contributed by atoms with Crippen molar-refractivity contribution in [3.05, 3.63) is 52.2 Å². The molecular formula is C15H10N2O2S. The van der Waals surface area contributed by atoms with Crippen molar-refractivity contribution < 1.29 is 9.21 Å². The van der Waals surface area contributed by atoms with E-state index in [1.807, 2.05) is 36.6 Å². The summed E-state index contributed by atoms with van der Waals surface area (Å²) in [5.41, 5.74) is 1.45. The zero-order chi connectivity index (χ0) is 14.1. The summed E-state index contributed by atoms with van der Waals surface area (Å²) in [4.78, 5) is 16.6. The molecule has 1 aromatic carbocycles. The van der Waals surface area contributed by atoms with Crippen molar-refractivity contribution in [2.75, 3.05) is 0 Å². The number of nitrogens with zero attached hydrogens (tertiary/aromatic N) is 2. The number of hydrogen-bond acceptors (Lipinski definition) is 5. The van der Waals surface area contributed by atoms with Gasteiger partial charge in [0.2, 0.25) is 5.78 Å². The number of Topliss-reactive ketones (excluding diaryl/α,β-unsaturated/α-hetero) is 1. The van der Waals surface area contributed by atoms with Gasteiger partial charge in [-0.05, 0) is 19.1 Å². The quantitative estimate of drug-likeness (QED) is 0.687. The molecule has 0 saturated carbocycles. The second kappa shape index (κ2) is 4.91. The number of carbonyl (C=O) groups excluding carboxylic acids is 1. The van der Waals surface area contributed by atoms with Crippen molar-refractivity contribution >= 4 is 28.1 Å². The predicted molar refractivity (Wildman–Crippen MR) is 75.7 cm³/mol. The van der Waals surface area contributed by atoms with Gasteiger partial charge in [-0.1, -0.05) is 18.2 Å². The van der Waals surface area contributed by atoms with E-state index in [2.05, 4.69) is 4.98 Å². The molecule has 20 heavy (non-hydrogen) atoms. The van der Waals surface area contributed by atoms with Crippen LogP contribution in [0.3, 0.4) is 0 Å². The molecule has 0 amide bonds. The average Bonchev–Trinajstić information content (AvgIpc) is 3.05. The molecule has 0 aliphatic heterocycles. The Morgan fingerprint density at radius 2 is 2.25 bits per heavy atom. The van der Waals surface area contributed by atoms with Gasteiger partial charge in [0, 0.05) is 16.5 Å². The van der Waals surface area contributed by atoms with Crippen LogP contribution >= 0.6 is 11.3 Å². The zero-order valence-corrected chi connectivity index (χ0v) is 11.5. The molecule has 2 heterocycles. The molecule has 98 valence electrons. The highest BCUT2D eigenvalue weighted by atomic mass is 32.1. The van der Waals surface area contributed by atoms with Crippen LogP contribution < -0.4 is 0 Å². The van der Waals surface area contributed by atoms with E-state index < -0.39 is 5.92 Å². The molecule has 0 unspecified atom stereocenters. The fourth-order valence-corrected chi connectivity index (χ4v) is 2.81. The molecule has 0 radical (unpaired) electrons. The highest BCUT2D eigenvalue weighted by Gasteiger charge is 2.27. The summed E-state index contributed by atoms with van der Waals surface area (Å²) in [6.07, 6.45) is 0. The standard InChI is InChI=1S/C15H10N2O2S/c1-9-8-20-15(17-9)11(7-16)14(18)13-6-10-4-2-3-5-12(10)19-13/h2-6,8,11H,1H3/t11-/m0/s1. The third kappa shape index (κ3) is 2.10. The van der Waals surface area contributed by atoms with Gasteiger partial charge in [-0.2, -0.15) is 5.26 Å². The van der Waals surface area contributed by atoms with Crippen molar-refractivity contribution in [1.82, 2.24) is 4.98 Å². The number of thiazole rings is 1. The number of ketones is 1. The Morgan fingerprint density at radius 3 is 2.90 bits per heavy atom. The van der Waals surface area contributed by atoms with Gasteiger partial charge in [-0.15, -0.1) is 11.3 Å². The lowest BCUT2D eigenvalue weighted by atomic mass is 10.0. The first-order chi connectivity index (χ1) is 9.69. The van der Waals surface area contributed by atoms with Gasteiger partial charge in [-0.3, -0.25) is 4.79 Å². The van der Waals surface area contributed by atoms with Gasteiger partial charge in [-0.25, -0.2) is 4.98 Å². The number of aromatic nitrogens is 1. The van der Waals surface area contributed by atoms with Crippen LogP contribution in [0.2, 0.25) is 0 Å². The second-order valence-electron chi connectivity index (χ2n) is 4.40. The Bertz CT molecular complexity index is 793. The first kappa shape index (κ1) is 12.6. The average molecular weight is 282 g/mol. The molecular weight excluding hydrogens is 272 g/mol. The van der Waals surface area contributed by atoms with E-state index in [1.165, 1.54) is 11.3 Å². The van der Waals surface area contributed by atoms with Crippen molar-refractivity contribution in [2.45, 2.75) is 12.8 Å². The number of aryl methyl sites for hydroxylation is 1. The van der Waals surface area contributed by atoms with Crippen LogP contribution in [0, 0.1) is 18.3 Å². The number of para-hydroxylation sites is 1. The lowest BCUT2D eigenvalue weighted by Gasteiger charge is -2.01. The molecule has 3 aromatic rings. The number of nitriles is 1. The van der Waals surface area contributed by atoms with Crippen LogP contribution in [-0.2, 0) is 0 Å². The number of benzene rings is 1. The minimum Gasteiger partial charge on any atom is -0.453 e. The highest BCUT2D eigenvalue weighted by Crippen LogP contribution is 2.27. The highest BCUT2D eigenvalue weighted by molar-refractivity contribution is 7.10. The fourth-order valence-electron chi connectivity index (χ4n) is 1.98. The minimum absolute atomic E-state index is 0.200. The van der Waals surface area contributed by atoms with E-state index in [0.717, 1.165) is 11.1 Å². The molecule has 3 rings (SSSR count). The predicted octanol–water partition coefficient (Wildman–Crippen LogP) is 3.69. The fraction of sp³-hybridized carbons (Fsp3) is 0.133. The first-order valence-corrected chi connectivity index (χ1v) is 6.91. The lowest BCUT2D eigenvalue weighted by Crippen LogP contribution is -2.10. The molecule has 5 heteroatoms. The van der Waals surface area contributed by atoms with Crippen molar-refractivity contribution in [2.24, 2.45) is 0 Å². The van der Waals surface area contributed by atoms with Crippen molar-refractivity contribution in [1.29, 1.82) is 5.26 Å². The normalized spacial score (nSPS) is 12.2. The summed E-state index contributed by atoms with van der Waals surface area (Å²) in [7, 11) is 0. The van der Waals surface area contributed by atoms with Crippen LogP contribution in [0.5, 0.6) is 0 Å². The van der Waals surface area contributed by atoms with E-state index in [4.69, 9.17) is 4.42 Å². The van der Waals surface area contributed by atoms with E-state index in [0.29, 0.717) is 10.6 Å². The van der Waals surface area contributed by atoms with Crippen LogP contribution in [-0.4, -0.2) is 10.8 Å². The van der Waals surface area contributed by atoms with E-state index in [9.17, 15) is 10.1 Å². The van der Waals surface area contributed by atoms with Gasteiger partial charge < -0.3 is 4.42 Å². The van der Waals surface area contributed by atoms with E-state index >= 15 is 0 Å². The monoisotopic (exact) mass is 282 g/mol. The molecule has 1 atom stereocenters. The molecule has 4 nitrogen and oxygen atoms in total. The number of carbonyl (C=O) groups is 1.